The molecule has 132 valence electrons. The second-order valence-corrected chi connectivity index (χ2v) is 7.20. The molecule has 1 atom stereocenters. The standard InChI is InChI=1S/C15H20N4O3S.ClH/c1-16-8-9-17-15(20)12-6-4-10-19(12)14-11-5-2-3-7-13(11)23(21,22)18-14;/h2-3,5,7,12,16H,4,6,8-10H2,1H3,(H,17,20);1H. The van der Waals surface area contributed by atoms with Crippen LogP contribution in [0.15, 0.2) is 33.6 Å². The van der Waals surface area contributed by atoms with Crippen LogP contribution in [0.2, 0.25) is 0 Å². The van der Waals surface area contributed by atoms with Gasteiger partial charge in [-0.3, -0.25) is 4.79 Å². The van der Waals surface area contributed by atoms with Crippen molar-refractivity contribution in [3.05, 3.63) is 29.8 Å². The summed E-state index contributed by atoms with van der Waals surface area (Å²) >= 11 is 0. The Balaban J connectivity index is 0.00000208. The van der Waals surface area contributed by atoms with Gasteiger partial charge in [0, 0.05) is 25.2 Å². The zero-order valence-corrected chi connectivity index (χ0v) is 15.0. The van der Waals surface area contributed by atoms with Gasteiger partial charge in [-0.1, -0.05) is 12.1 Å². The minimum atomic E-state index is -3.66. The lowest BCUT2D eigenvalue weighted by atomic mass is 10.1. The molecule has 0 aliphatic carbocycles. The van der Waals surface area contributed by atoms with Crippen LogP contribution in [0.25, 0.3) is 0 Å². The molecule has 0 aromatic heterocycles. The number of rotatable bonds is 4. The Hall–Kier alpha value is -1.64. The Morgan fingerprint density at radius 1 is 1.33 bits per heavy atom. The molecule has 1 amide bonds. The molecule has 7 nitrogen and oxygen atoms in total. The molecule has 1 aromatic carbocycles. The van der Waals surface area contributed by atoms with E-state index in [2.05, 4.69) is 15.0 Å². The predicted octanol–water partition coefficient (Wildman–Crippen LogP) is 0.357. The van der Waals surface area contributed by atoms with Gasteiger partial charge in [-0.15, -0.1) is 16.8 Å². The fourth-order valence-corrected chi connectivity index (χ4v) is 4.23. The van der Waals surface area contributed by atoms with Gasteiger partial charge in [0.05, 0.1) is 0 Å². The Morgan fingerprint density at radius 3 is 2.83 bits per heavy atom. The van der Waals surface area contributed by atoms with Gasteiger partial charge in [-0.25, -0.2) is 0 Å². The second-order valence-electron chi connectivity index (χ2n) is 5.63. The summed E-state index contributed by atoms with van der Waals surface area (Å²) in [5.41, 5.74) is 0.586. The van der Waals surface area contributed by atoms with Crippen molar-refractivity contribution >= 4 is 34.2 Å². The molecular formula is C15H21ClN4O3S. The number of benzene rings is 1. The van der Waals surface area contributed by atoms with Gasteiger partial charge >= 0.3 is 0 Å². The molecule has 2 aliphatic rings. The maximum atomic E-state index is 12.4. The van der Waals surface area contributed by atoms with E-state index >= 15 is 0 Å². The summed E-state index contributed by atoms with van der Waals surface area (Å²) in [5.74, 6) is 0.314. The Kier molecular flexibility index (Phi) is 5.84. The molecule has 3 rings (SSSR count). The first-order valence-corrected chi connectivity index (χ1v) is 9.12. The van der Waals surface area contributed by atoms with Crippen LogP contribution in [0.4, 0.5) is 0 Å². The number of hydrogen-bond donors (Lipinski definition) is 2. The van der Waals surface area contributed by atoms with Crippen LogP contribution in [0.3, 0.4) is 0 Å². The zero-order chi connectivity index (χ0) is 16.4. The van der Waals surface area contributed by atoms with Crippen molar-refractivity contribution < 1.29 is 13.2 Å². The van der Waals surface area contributed by atoms with Crippen LogP contribution >= 0.6 is 12.4 Å². The minimum absolute atomic E-state index is 0. The van der Waals surface area contributed by atoms with Crippen LogP contribution in [0.1, 0.15) is 18.4 Å². The SMILES string of the molecule is CNCCNC(=O)C1CCCN1C1=NS(=O)(=O)c2ccccc21.Cl. The Labute approximate surface area is 148 Å². The van der Waals surface area contributed by atoms with E-state index in [0.717, 1.165) is 6.42 Å². The maximum absolute atomic E-state index is 12.4. The second kappa shape index (κ2) is 7.50. The number of likely N-dealkylation sites (N-methyl/N-ethyl adjacent to an activating group) is 1. The van der Waals surface area contributed by atoms with Gasteiger partial charge in [0.1, 0.15) is 10.9 Å². The lowest BCUT2D eigenvalue weighted by Gasteiger charge is -2.25. The molecule has 2 N–H and O–H groups in total. The van der Waals surface area contributed by atoms with Crippen molar-refractivity contribution in [1.82, 2.24) is 15.5 Å². The third-order valence-electron chi connectivity index (χ3n) is 4.11. The Morgan fingerprint density at radius 2 is 2.08 bits per heavy atom. The van der Waals surface area contributed by atoms with Crippen molar-refractivity contribution in [2.45, 2.75) is 23.8 Å². The topological polar surface area (TPSA) is 90.9 Å². The first kappa shape index (κ1) is 18.7. The van der Waals surface area contributed by atoms with Gasteiger partial charge in [0.2, 0.25) is 5.91 Å². The van der Waals surface area contributed by atoms with Crippen LogP contribution in [0.5, 0.6) is 0 Å². The largest absolute Gasteiger partial charge is 0.353 e. The highest BCUT2D eigenvalue weighted by Gasteiger charge is 2.38. The summed E-state index contributed by atoms with van der Waals surface area (Å²) in [4.78, 5) is 14.4. The lowest BCUT2D eigenvalue weighted by molar-refractivity contribution is -0.124. The monoisotopic (exact) mass is 372 g/mol. The molecule has 0 saturated carbocycles. The first-order chi connectivity index (χ1) is 11.0. The van der Waals surface area contributed by atoms with Crippen LogP contribution < -0.4 is 10.6 Å². The minimum Gasteiger partial charge on any atom is -0.353 e. The van der Waals surface area contributed by atoms with E-state index in [9.17, 15) is 13.2 Å². The van der Waals surface area contributed by atoms with Gasteiger partial charge in [0.15, 0.2) is 5.84 Å². The number of sulfonamides is 1. The third kappa shape index (κ3) is 3.40. The summed E-state index contributed by atoms with van der Waals surface area (Å²) in [6.45, 7) is 1.87. The quantitative estimate of drug-likeness (QED) is 0.744. The molecule has 2 heterocycles. The third-order valence-corrected chi connectivity index (χ3v) is 5.44. The average Bonchev–Trinajstić information content (AvgIpc) is 3.11. The molecule has 1 unspecified atom stereocenters. The van der Waals surface area contributed by atoms with Gasteiger partial charge in [0.25, 0.3) is 10.0 Å². The van der Waals surface area contributed by atoms with Crippen LogP contribution in [0, 0.1) is 0 Å². The number of nitrogens with one attached hydrogen (secondary N) is 2. The molecular weight excluding hydrogens is 352 g/mol. The summed E-state index contributed by atoms with van der Waals surface area (Å²) in [6, 6.07) is 6.40. The van der Waals surface area contributed by atoms with E-state index in [1.807, 2.05) is 11.9 Å². The highest BCUT2D eigenvalue weighted by atomic mass is 35.5. The lowest BCUT2D eigenvalue weighted by Crippen LogP contribution is -2.47. The zero-order valence-electron chi connectivity index (χ0n) is 13.4. The molecule has 0 spiro atoms. The average molecular weight is 373 g/mol. The Bertz CT molecular complexity index is 751. The number of likely N-dealkylation sites (tertiary alicyclic amines) is 1. The van der Waals surface area contributed by atoms with E-state index in [1.165, 1.54) is 0 Å². The number of nitrogens with zero attached hydrogens (tertiary/aromatic N) is 2. The molecule has 9 heteroatoms. The van der Waals surface area contributed by atoms with E-state index < -0.39 is 10.0 Å². The van der Waals surface area contributed by atoms with E-state index in [-0.39, 0.29) is 29.3 Å². The summed E-state index contributed by atoms with van der Waals surface area (Å²) in [5, 5.41) is 5.85. The predicted molar refractivity (Wildman–Crippen MR) is 94.1 cm³/mol. The number of halogens is 1. The number of carbonyl (C=O) groups excluding carboxylic acids is 1. The van der Waals surface area contributed by atoms with Crippen molar-refractivity contribution in [2.24, 2.45) is 4.40 Å². The smallest absolute Gasteiger partial charge is 0.285 e. The fourth-order valence-electron chi connectivity index (χ4n) is 3.02. The van der Waals surface area contributed by atoms with Gasteiger partial charge in [-0.2, -0.15) is 8.42 Å². The van der Waals surface area contributed by atoms with E-state index in [0.29, 0.717) is 37.5 Å². The molecule has 0 bridgehead atoms. The normalized spacial score (nSPS) is 21.0. The highest BCUT2D eigenvalue weighted by molar-refractivity contribution is 7.90. The van der Waals surface area contributed by atoms with Crippen LogP contribution in [-0.2, 0) is 14.8 Å². The van der Waals surface area contributed by atoms with Crippen LogP contribution in [-0.4, -0.2) is 57.8 Å². The number of fused-ring (bicyclic) bond motifs is 1. The molecule has 2 aliphatic heterocycles. The van der Waals surface area contributed by atoms with E-state index in [4.69, 9.17) is 0 Å². The molecule has 1 fully saturated rings. The van der Waals surface area contributed by atoms with Gasteiger partial charge in [-0.05, 0) is 32.0 Å². The van der Waals surface area contributed by atoms with Crippen molar-refractivity contribution in [2.75, 3.05) is 26.7 Å². The maximum Gasteiger partial charge on any atom is 0.285 e. The fraction of sp³-hybridized carbons (Fsp3) is 0.467. The highest BCUT2D eigenvalue weighted by Crippen LogP contribution is 2.31. The number of amidine groups is 1. The first-order valence-electron chi connectivity index (χ1n) is 7.68. The van der Waals surface area contributed by atoms with Gasteiger partial charge < -0.3 is 15.5 Å². The van der Waals surface area contributed by atoms with E-state index in [1.54, 1.807) is 24.3 Å². The molecule has 0 radical (unpaired) electrons. The number of amides is 1. The summed E-state index contributed by atoms with van der Waals surface area (Å²) in [7, 11) is -1.84. The molecule has 24 heavy (non-hydrogen) atoms. The number of hydrogen-bond acceptors (Lipinski definition) is 5. The van der Waals surface area contributed by atoms with Crippen molar-refractivity contribution in [1.29, 1.82) is 0 Å². The molecule has 1 saturated heterocycles. The summed E-state index contributed by atoms with van der Waals surface area (Å²) in [6.07, 6.45) is 1.54. The van der Waals surface area contributed by atoms with Crippen molar-refractivity contribution in [3.63, 3.8) is 0 Å². The molecule has 1 aromatic rings. The van der Waals surface area contributed by atoms with Crippen molar-refractivity contribution in [3.8, 4) is 0 Å². The summed E-state index contributed by atoms with van der Waals surface area (Å²) < 4.78 is 28.3. The number of carbonyl (C=O) groups is 1.